The summed E-state index contributed by atoms with van der Waals surface area (Å²) in [4.78, 5) is 19.1. The lowest BCUT2D eigenvalue weighted by Gasteiger charge is -2.05. The van der Waals surface area contributed by atoms with Crippen LogP contribution in [-0.4, -0.2) is 16.0 Å². The molecule has 5 heteroatoms. The zero-order valence-electron chi connectivity index (χ0n) is 17.0. The summed E-state index contributed by atoms with van der Waals surface area (Å²) < 4.78 is 8.09. The highest BCUT2D eigenvalue weighted by Gasteiger charge is 2.20. The minimum Gasteiger partial charge on any atom is -0.493 e. The van der Waals surface area contributed by atoms with Gasteiger partial charge in [0.25, 0.3) is 5.56 Å². The summed E-state index contributed by atoms with van der Waals surface area (Å²) in [5.74, 6) is 0.767. The first-order chi connectivity index (χ1) is 15.3. The Hall–Kier alpha value is -3.70. The molecule has 0 saturated carbocycles. The Morgan fingerprint density at radius 2 is 1.55 bits per heavy atom. The highest BCUT2D eigenvalue weighted by Crippen LogP contribution is 2.32. The SMILES string of the molecule is CCOc1ccccc1C=c1sc2nc(-c3ccccc3)c(-c3ccccc3)n2c1=O. The number of hydrogen-bond donors (Lipinski definition) is 0. The molecule has 2 heterocycles. The summed E-state index contributed by atoms with van der Waals surface area (Å²) in [7, 11) is 0. The summed E-state index contributed by atoms with van der Waals surface area (Å²) in [6, 6.07) is 27.7. The van der Waals surface area contributed by atoms with E-state index in [2.05, 4.69) is 0 Å². The molecule has 0 atom stereocenters. The molecule has 0 N–H and O–H groups in total. The van der Waals surface area contributed by atoms with Crippen molar-refractivity contribution in [3.63, 3.8) is 0 Å². The lowest BCUT2D eigenvalue weighted by atomic mass is 10.1. The van der Waals surface area contributed by atoms with Gasteiger partial charge in [-0.25, -0.2) is 9.38 Å². The Bertz CT molecular complexity index is 1450. The van der Waals surface area contributed by atoms with Gasteiger partial charge in [-0.05, 0) is 19.1 Å². The number of nitrogens with zero attached hydrogens (tertiary/aromatic N) is 2. The Morgan fingerprint density at radius 3 is 2.26 bits per heavy atom. The Labute approximate surface area is 183 Å². The van der Waals surface area contributed by atoms with Crippen molar-refractivity contribution in [3.05, 3.63) is 105 Å². The second-order valence-corrected chi connectivity index (χ2v) is 8.05. The second-order valence-electron chi connectivity index (χ2n) is 7.05. The summed E-state index contributed by atoms with van der Waals surface area (Å²) >= 11 is 1.40. The molecule has 0 spiro atoms. The predicted octanol–water partition coefficient (Wildman–Crippen LogP) is 5.04. The van der Waals surface area contributed by atoms with Crippen molar-refractivity contribution in [2.45, 2.75) is 6.92 Å². The van der Waals surface area contributed by atoms with Gasteiger partial charge in [-0.3, -0.25) is 4.79 Å². The largest absolute Gasteiger partial charge is 0.493 e. The Morgan fingerprint density at radius 1 is 0.903 bits per heavy atom. The third-order valence-corrected chi connectivity index (χ3v) is 6.03. The molecule has 2 aromatic heterocycles. The Kier molecular flexibility index (Phi) is 5.10. The fraction of sp³-hybridized carbons (Fsp3) is 0.0769. The van der Waals surface area contributed by atoms with Crippen molar-refractivity contribution >= 4 is 22.4 Å². The molecular formula is C26H20N2O2S. The van der Waals surface area contributed by atoms with E-state index in [-0.39, 0.29) is 5.56 Å². The number of rotatable bonds is 5. The van der Waals surface area contributed by atoms with Crippen molar-refractivity contribution in [2.75, 3.05) is 6.61 Å². The van der Waals surface area contributed by atoms with Crippen molar-refractivity contribution in [1.29, 1.82) is 0 Å². The number of aromatic nitrogens is 2. The van der Waals surface area contributed by atoms with Gasteiger partial charge in [-0.15, -0.1) is 0 Å². The van der Waals surface area contributed by atoms with Gasteiger partial charge in [-0.2, -0.15) is 0 Å². The van der Waals surface area contributed by atoms with E-state index in [1.54, 1.807) is 4.40 Å². The second kappa shape index (κ2) is 8.20. The number of thiazole rings is 1. The number of benzene rings is 3. The van der Waals surface area contributed by atoms with Gasteiger partial charge in [-0.1, -0.05) is 90.2 Å². The van der Waals surface area contributed by atoms with Crippen LogP contribution in [0.15, 0.2) is 89.7 Å². The fourth-order valence-electron chi connectivity index (χ4n) is 3.69. The molecule has 5 rings (SSSR count). The van der Waals surface area contributed by atoms with Crippen LogP contribution < -0.4 is 14.8 Å². The predicted molar refractivity (Wildman–Crippen MR) is 127 cm³/mol. The van der Waals surface area contributed by atoms with E-state index in [4.69, 9.17) is 9.72 Å². The monoisotopic (exact) mass is 424 g/mol. The average molecular weight is 425 g/mol. The van der Waals surface area contributed by atoms with Crippen LogP contribution in [0.25, 0.3) is 33.6 Å². The molecule has 31 heavy (non-hydrogen) atoms. The number of fused-ring (bicyclic) bond motifs is 1. The van der Waals surface area contributed by atoms with E-state index in [0.717, 1.165) is 33.8 Å². The van der Waals surface area contributed by atoms with Crippen LogP contribution in [0.2, 0.25) is 0 Å². The first-order valence-corrected chi connectivity index (χ1v) is 11.0. The van der Waals surface area contributed by atoms with Gasteiger partial charge in [0, 0.05) is 16.7 Å². The maximum absolute atomic E-state index is 13.5. The van der Waals surface area contributed by atoms with Crippen LogP contribution in [0.1, 0.15) is 12.5 Å². The number of imidazole rings is 1. The number of hydrogen-bond acceptors (Lipinski definition) is 4. The van der Waals surface area contributed by atoms with Gasteiger partial charge in [0.2, 0.25) is 0 Å². The quantitative estimate of drug-likeness (QED) is 0.397. The minimum atomic E-state index is -0.0696. The van der Waals surface area contributed by atoms with Gasteiger partial charge in [0.05, 0.1) is 22.5 Å². The lowest BCUT2D eigenvalue weighted by molar-refractivity contribution is 0.339. The van der Waals surface area contributed by atoms with E-state index < -0.39 is 0 Å². The van der Waals surface area contributed by atoms with Crippen molar-refractivity contribution < 1.29 is 4.74 Å². The molecule has 152 valence electrons. The molecule has 4 nitrogen and oxygen atoms in total. The lowest BCUT2D eigenvalue weighted by Crippen LogP contribution is -2.23. The normalized spacial score (nSPS) is 11.8. The maximum Gasteiger partial charge on any atom is 0.274 e. The van der Waals surface area contributed by atoms with Gasteiger partial charge < -0.3 is 4.74 Å². The van der Waals surface area contributed by atoms with Gasteiger partial charge in [0.15, 0.2) is 4.96 Å². The van der Waals surface area contributed by atoms with E-state index in [0.29, 0.717) is 16.1 Å². The van der Waals surface area contributed by atoms with Crippen LogP contribution in [0, 0.1) is 0 Å². The van der Waals surface area contributed by atoms with Gasteiger partial charge >= 0.3 is 0 Å². The molecule has 3 aromatic carbocycles. The molecule has 0 aliphatic rings. The molecule has 0 bridgehead atoms. The number of para-hydroxylation sites is 1. The zero-order chi connectivity index (χ0) is 21.2. The van der Waals surface area contributed by atoms with E-state index >= 15 is 0 Å². The third-order valence-electron chi connectivity index (χ3n) is 5.06. The van der Waals surface area contributed by atoms with Crippen LogP contribution in [0.3, 0.4) is 0 Å². The first-order valence-electron chi connectivity index (χ1n) is 10.2. The van der Waals surface area contributed by atoms with Crippen LogP contribution in [-0.2, 0) is 0 Å². The van der Waals surface area contributed by atoms with Crippen LogP contribution in [0.5, 0.6) is 5.75 Å². The smallest absolute Gasteiger partial charge is 0.274 e. The molecule has 0 aliphatic heterocycles. The molecule has 0 amide bonds. The fourth-order valence-corrected chi connectivity index (χ4v) is 4.65. The summed E-state index contributed by atoms with van der Waals surface area (Å²) in [5.41, 5.74) is 4.40. The minimum absolute atomic E-state index is 0.0696. The van der Waals surface area contributed by atoms with E-state index in [9.17, 15) is 4.79 Å². The Balaban J connectivity index is 1.77. The highest BCUT2D eigenvalue weighted by molar-refractivity contribution is 7.15. The first kappa shape index (κ1) is 19.3. The van der Waals surface area contributed by atoms with E-state index in [1.165, 1.54) is 11.3 Å². The topological polar surface area (TPSA) is 43.6 Å². The standard InChI is InChI=1S/C26H20N2O2S/c1-2-30-21-16-10-9-15-20(21)17-22-25(29)28-24(19-13-7-4-8-14-19)23(27-26(28)31-22)18-11-5-3-6-12-18/h3-17H,2H2,1H3. The summed E-state index contributed by atoms with van der Waals surface area (Å²) in [6.45, 7) is 2.52. The summed E-state index contributed by atoms with van der Waals surface area (Å²) in [5, 5.41) is 0. The molecular weight excluding hydrogens is 404 g/mol. The highest BCUT2D eigenvalue weighted by atomic mass is 32.1. The molecule has 0 radical (unpaired) electrons. The van der Waals surface area contributed by atoms with Crippen LogP contribution >= 0.6 is 11.3 Å². The molecule has 0 saturated heterocycles. The maximum atomic E-state index is 13.5. The van der Waals surface area contributed by atoms with Gasteiger partial charge in [0.1, 0.15) is 5.75 Å². The van der Waals surface area contributed by atoms with Crippen molar-refractivity contribution in [2.24, 2.45) is 0 Å². The van der Waals surface area contributed by atoms with Crippen LogP contribution in [0.4, 0.5) is 0 Å². The molecule has 0 aliphatic carbocycles. The molecule has 0 fully saturated rings. The van der Waals surface area contributed by atoms with Crippen molar-refractivity contribution in [3.8, 4) is 28.3 Å². The van der Waals surface area contributed by atoms with E-state index in [1.807, 2.05) is 97.9 Å². The summed E-state index contributed by atoms with van der Waals surface area (Å²) in [6.07, 6.45) is 1.89. The van der Waals surface area contributed by atoms with Crippen molar-refractivity contribution in [1.82, 2.24) is 9.38 Å². The average Bonchev–Trinajstić information content (AvgIpc) is 3.33. The molecule has 0 unspecified atom stereocenters. The third kappa shape index (κ3) is 3.53. The molecule has 5 aromatic rings. The zero-order valence-corrected chi connectivity index (χ0v) is 17.8. The number of ether oxygens (including phenoxy) is 1.